The fourth-order valence-electron chi connectivity index (χ4n) is 1.45. The van der Waals surface area contributed by atoms with Crippen molar-refractivity contribution in [3.05, 3.63) is 47.1 Å². The fourth-order valence-corrected chi connectivity index (χ4v) is 1.72. The van der Waals surface area contributed by atoms with Crippen LogP contribution < -0.4 is 11.1 Å². The van der Waals surface area contributed by atoms with E-state index in [0.717, 1.165) is 16.9 Å². The van der Waals surface area contributed by atoms with Crippen LogP contribution in [0.2, 0.25) is 5.02 Å². The van der Waals surface area contributed by atoms with E-state index in [1.54, 1.807) is 6.20 Å². The van der Waals surface area contributed by atoms with Gasteiger partial charge in [-0.15, -0.1) is 0 Å². The fraction of sp³-hybridized carbons (Fsp3) is 0.0833. The maximum absolute atomic E-state index is 6.11. The van der Waals surface area contributed by atoms with Crippen molar-refractivity contribution in [1.29, 1.82) is 0 Å². The molecule has 0 aliphatic carbocycles. The summed E-state index contributed by atoms with van der Waals surface area (Å²) in [5.41, 5.74) is 8.44. The number of nitrogen functional groups attached to an aromatic ring is 1. The van der Waals surface area contributed by atoms with Crippen molar-refractivity contribution in [3.63, 3.8) is 0 Å². The van der Waals surface area contributed by atoms with Gasteiger partial charge in [-0.3, -0.25) is 0 Å². The van der Waals surface area contributed by atoms with E-state index in [9.17, 15) is 0 Å². The van der Waals surface area contributed by atoms with Crippen molar-refractivity contribution >= 4 is 28.8 Å². The van der Waals surface area contributed by atoms with Crippen LogP contribution >= 0.6 is 11.6 Å². The second-order valence-electron chi connectivity index (χ2n) is 3.49. The summed E-state index contributed by atoms with van der Waals surface area (Å²) in [6, 6.07) is 9.43. The second kappa shape index (κ2) is 4.41. The SMILES string of the molecule is Cc1cccc(Cl)c1Nc1cccnc1N. The van der Waals surface area contributed by atoms with Crippen molar-refractivity contribution in [1.82, 2.24) is 4.98 Å². The number of para-hydroxylation sites is 1. The monoisotopic (exact) mass is 233 g/mol. The Morgan fingerprint density at radius 3 is 2.75 bits per heavy atom. The largest absolute Gasteiger partial charge is 0.382 e. The Hall–Kier alpha value is -1.74. The molecule has 0 bridgehead atoms. The molecule has 0 atom stereocenters. The first-order valence-corrected chi connectivity index (χ1v) is 5.29. The summed E-state index contributed by atoms with van der Waals surface area (Å²) >= 11 is 6.11. The van der Waals surface area contributed by atoms with Gasteiger partial charge in [-0.25, -0.2) is 4.98 Å². The zero-order valence-electron chi connectivity index (χ0n) is 8.87. The van der Waals surface area contributed by atoms with Gasteiger partial charge in [0.1, 0.15) is 5.82 Å². The third-order valence-corrected chi connectivity index (χ3v) is 2.64. The molecule has 1 aromatic carbocycles. The zero-order chi connectivity index (χ0) is 11.5. The van der Waals surface area contributed by atoms with Crippen LogP contribution in [0.15, 0.2) is 36.5 Å². The van der Waals surface area contributed by atoms with Crippen LogP contribution in [0.1, 0.15) is 5.56 Å². The Balaban J connectivity index is 2.38. The standard InChI is InChI=1S/C12H12ClN3/c1-8-4-2-5-9(13)11(8)16-10-6-3-7-15-12(10)14/h2-7,16H,1H3,(H2,14,15). The number of halogens is 1. The number of pyridine rings is 1. The van der Waals surface area contributed by atoms with E-state index in [1.807, 2.05) is 37.3 Å². The van der Waals surface area contributed by atoms with Gasteiger partial charge in [0.05, 0.1) is 16.4 Å². The highest BCUT2D eigenvalue weighted by atomic mass is 35.5. The van der Waals surface area contributed by atoms with E-state index in [4.69, 9.17) is 17.3 Å². The molecular weight excluding hydrogens is 222 g/mol. The first-order chi connectivity index (χ1) is 7.68. The predicted molar refractivity (Wildman–Crippen MR) is 68.1 cm³/mol. The summed E-state index contributed by atoms with van der Waals surface area (Å²) in [7, 11) is 0. The number of rotatable bonds is 2. The molecule has 0 aliphatic rings. The van der Waals surface area contributed by atoms with Gasteiger partial charge >= 0.3 is 0 Å². The number of nitrogens with zero attached hydrogens (tertiary/aromatic N) is 1. The van der Waals surface area contributed by atoms with Gasteiger partial charge in [-0.2, -0.15) is 0 Å². The number of aromatic nitrogens is 1. The van der Waals surface area contributed by atoms with Crippen LogP contribution in [0, 0.1) is 6.92 Å². The lowest BCUT2D eigenvalue weighted by Gasteiger charge is -2.12. The van der Waals surface area contributed by atoms with E-state index in [0.29, 0.717) is 10.8 Å². The molecule has 82 valence electrons. The number of nitrogens with two attached hydrogens (primary N) is 1. The molecular formula is C12H12ClN3. The minimum Gasteiger partial charge on any atom is -0.382 e. The summed E-state index contributed by atoms with van der Waals surface area (Å²) in [6.07, 6.45) is 1.65. The molecule has 1 heterocycles. The smallest absolute Gasteiger partial charge is 0.147 e. The first kappa shape index (κ1) is 10.8. The van der Waals surface area contributed by atoms with Gasteiger partial charge in [-0.05, 0) is 30.7 Å². The van der Waals surface area contributed by atoms with E-state index in [-0.39, 0.29) is 0 Å². The summed E-state index contributed by atoms with van der Waals surface area (Å²) in [5, 5.41) is 3.86. The Morgan fingerprint density at radius 1 is 1.25 bits per heavy atom. The van der Waals surface area contributed by atoms with Crippen molar-refractivity contribution in [2.75, 3.05) is 11.1 Å². The number of hydrogen-bond donors (Lipinski definition) is 2. The number of aryl methyl sites for hydroxylation is 1. The van der Waals surface area contributed by atoms with Gasteiger partial charge < -0.3 is 11.1 Å². The Labute approximate surface area is 99.3 Å². The molecule has 16 heavy (non-hydrogen) atoms. The highest BCUT2D eigenvalue weighted by molar-refractivity contribution is 6.33. The van der Waals surface area contributed by atoms with Gasteiger partial charge in [-0.1, -0.05) is 23.7 Å². The van der Waals surface area contributed by atoms with Gasteiger partial charge in [0.25, 0.3) is 0 Å². The van der Waals surface area contributed by atoms with Crippen LogP contribution in [-0.4, -0.2) is 4.98 Å². The van der Waals surface area contributed by atoms with Crippen LogP contribution in [0.5, 0.6) is 0 Å². The molecule has 0 aliphatic heterocycles. The molecule has 3 nitrogen and oxygen atoms in total. The van der Waals surface area contributed by atoms with Gasteiger partial charge in [0, 0.05) is 6.20 Å². The van der Waals surface area contributed by atoms with Gasteiger partial charge in [0.2, 0.25) is 0 Å². The van der Waals surface area contributed by atoms with Crippen molar-refractivity contribution in [2.45, 2.75) is 6.92 Å². The molecule has 0 saturated carbocycles. The lowest BCUT2D eigenvalue weighted by atomic mass is 10.2. The summed E-state index contributed by atoms with van der Waals surface area (Å²) in [6.45, 7) is 1.99. The first-order valence-electron chi connectivity index (χ1n) is 4.91. The quantitative estimate of drug-likeness (QED) is 0.836. The minimum absolute atomic E-state index is 0.460. The lowest BCUT2D eigenvalue weighted by molar-refractivity contribution is 1.32. The molecule has 2 rings (SSSR count). The summed E-state index contributed by atoms with van der Waals surface area (Å²) in [5.74, 6) is 0.460. The number of benzene rings is 1. The lowest BCUT2D eigenvalue weighted by Crippen LogP contribution is -1.99. The predicted octanol–water partition coefficient (Wildman–Crippen LogP) is 3.37. The van der Waals surface area contributed by atoms with Crippen LogP contribution in [-0.2, 0) is 0 Å². The molecule has 0 spiro atoms. The Morgan fingerprint density at radius 2 is 2.06 bits per heavy atom. The molecule has 4 heteroatoms. The third-order valence-electron chi connectivity index (χ3n) is 2.32. The highest BCUT2D eigenvalue weighted by Crippen LogP contribution is 2.29. The zero-order valence-corrected chi connectivity index (χ0v) is 9.62. The van der Waals surface area contributed by atoms with E-state index >= 15 is 0 Å². The van der Waals surface area contributed by atoms with Crippen LogP contribution in [0.4, 0.5) is 17.2 Å². The molecule has 0 fully saturated rings. The van der Waals surface area contributed by atoms with Crippen LogP contribution in [0.25, 0.3) is 0 Å². The molecule has 0 saturated heterocycles. The average Bonchev–Trinajstić information content (AvgIpc) is 2.26. The third kappa shape index (κ3) is 2.09. The van der Waals surface area contributed by atoms with E-state index < -0.39 is 0 Å². The van der Waals surface area contributed by atoms with Crippen molar-refractivity contribution in [2.24, 2.45) is 0 Å². The molecule has 2 aromatic rings. The number of nitrogens with one attached hydrogen (secondary N) is 1. The maximum atomic E-state index is 6.11. The highest BCUT2D eigenvalue weighted by Gasteiger charge is 2.05. The minimum atomic E-state index is 0.460. The van der Waals surface area contributed by atoms with Crippen LogP contribution in [0.3, 0.4) is 0 Å². The average molecular weight is 234 g/mol. The molecule has 0 radical (unpaired) electrons. The van der Waals surface area contributed by atoms with Gasteiger partial charge in [0.15, 0.2) is 0 Å². The normalized spacial score (nSPS) is 10.1. The number of hydrogen-bond acceptors (Lipinski definition) is 3. The Bertz CT molecular complexity index is 491. The topological polar surface area (TPSA) is 50.9 Å². The molecule has 0 amide bonds. The molecule has 0 unspecified atom stereocenters. The summed E-state index contributed by atoms with van der Waals surface area (Å²) in [4.78, 5) is 4.01. The summed E-state index contributed by atoms with van der Waals surface area (Å²) < 4.78 is 0. The van der Waals surface area contributed by atoms with Crippen molar-refractivity contribution < 1.29 is 0 Å². The number of anilines is 3. The molecule has 1 aromatic heterocycles. The van der Waals surface area contributed by atoms with Crippen molar-refractivity contribution in [3.8, 4) is 0 Å². The Kier molecular flexibility index (Phi) is 2.97. The maximum Gasteiger partial charge on any atom is 0.147 e. The van der Waals surface area contributed by atoms with E-state index in [1.165, 1.54) is 0 Å². The van der Waals surface area contributed by atoms with E-state index in [2.05, 4.69) is 10.3 Å². The second-order valence-corrected chi connectivity index (χ2v) is 3.90. The molecule has 3 N–H and O–H groups in total.